The van der Waals surface area contributed by atoms with Crippen molar-refractivity contribution in [3.05, 3.63) is 0 Å². The van der Waals surface area contributed by atoms with Crippen LogP contribution in [0.4, 0.5) is 4.79 Å². The second-order valence-corrected chi connectivity index (χ2v) is 5.04. The minimum atomic E-state index is -0.348. The lowest BCUT2D eigenvalue weighted by Crippen LogP contribution is -2.16. The van der Waals surface area contributed by atoms with E-state index in [1.54, 1.807) is 0 Å². The van der Waals surface area contributed by atoms with E-state index < -0.39 is 0 Å². The van der Waals surface area contributed by atoms with Gasteiger partial charge in [0.2, 0.25) is 0 Å². The molecular formula is C5H8BrClOS. The standard InChI is InChI=1S/C5H8BrClOS/c1-5(2,3-6)9-4(7)8/h3H2,1-2H3. The SMILES string of the molecule is CC(C)(CBr)SC(=O)Cl. The zero-order chi connectivity index (χ0) is 7.49. The van der Waals surface area contributed by atoms with Gasteiger partial charge in [-0.25, -0.2) is 0 Å². The summed E-state index contributed by atoms with van der Waals surface area (Å²) in [6.07, 6.45) is 0. The predicted octanol–water partition coefficient (Wildman–Crippen LogP) is 3.25. The van der Waals surface area contributed by atoms with Gasteiger partial charge in [-0.15, -0.1) is 0 Å². The summed E-state index contributed by atoms with van der Waals surface area (Å²) in [6, 6.07) is 0. The Morgan fingerprint density at radius 1 is 1.78 bits per heavy atom. The average molecular weight is 232 g/mol. The number of alkyl halides is 1. The molecule has 4 heteroatoms. The van der Waals surface area contributed by atoms with Gasteiger partial charge in [0, 0.05) is 10.1 Å². The fourth-order valence-electron chi connectivity index (χ4n) is 0.245. The summed E-state index contributed by atoms with van der Waals surface area (Å²) in [6.45, 7) is 3.90. The first kappa shape index (κ1) is 9.79. The van der Waals surface area contributed by atoms with Crippen molar-refractivity contribution < 1.29 is 4.79 Å². The topological polar surface area (TPSA) is 17.1 Å². The van der Waals surface area contributed by atoms with Crippen molar-refractivity contribution in [1.82, 2.24) is 0 Å². The minimum Gasteiger partial charge on any atom is -0.268 e. The monoisotopic (exact) mass is 230 g/mol. The molecule has 0 saturated heterocycles. The Morgan fingerprint density at radius 2 is 2.22 bits per heavy atom. The van der Waals surface area contributed by atoms with E-state index in [0.717, 1.165) is 17.1 Å². The lowest BCUT2D eigenvalue weighted by Gasteiger charge is -2.16. The second-order valence-electron chi connectivity index (χ2n) is 2.23. The third-order valence-corrected chi connectivity index (χ3v) is 3.54. The van der Waals surface area contributed by atoms with E-state index in [-0.39, 0.29) is 9.32 Å². The molecule has 54 valence electrons. The molecule has 0 aromatic rings. The van der Waals surface area contributed by atoms with Crippen LogP contribution in [0.3, 0.4) is 0 Å². The van der Waals surface area contributed by atoms with Gasteiger partial charge in [-0.3, -0.25) is 4.79 Å². The van der Waals surface area contributed by atoms with Crippen LogP contribution in [0.5, 0.6) is 0 Å². The van der Waals surface area contributed by atoms with Gasteiger partial charge in [-0.1, -0.05) is 27.7 Å². The first-order valence-electron chi connectivity index (χ1n) is 2.42. The first-order chi connectivity index (χ1) is 3.98. The Bertz CT molecular complexity index is 116. The van der Waals surface area contributed by atoms with Gasteiger partial charge < -0.3 is 0 Å². The normalized spacial score (nSPS) is 11.6. The number of halogens is 2. The van der Waals surface area contributed by atoms with E-state index in [1.807, 2.05) is 13.8 Å². The maximum atomic E-state index is 10.3. The summed E-state index contributed by atoms with van der Waals surface area (Å²) in [5.74, 6) is 0. The molecule has 0 heterocycles. The van der Waals surface area contributed by atoms with Gasteiger partial charge >= 0.3 is 0 Å². The zero-order valence-electron chi connectivity index (χ0n) is 5.28. The van der Waals surface area contributed by atoms with Crippen LogP contribution in [0.2, 0.25) is 0 Å². The van der Waals surface area contributed by atoms with Gasteiger partial charge in [0.1, 0.15) is 0 Å². The highest BCUT2D eigenvalue weighted by Crippen LogP contribution is 2.28. The largest absolute Gasteiger partial charge is 0.280 e. The van der Waals surface area contributed by atoms with E-state index >= 15 is 0 Å². The van der Waals surface area contributed by atoms with Crippen molar-refractivity contribution in [2.45, 2.75) is 18.6 Å². The average Bonchev–Trinajstić information content (AvgIpc) is 1.63. The number of carbonyl (C=O) groups excluding carboxylic acids is 1. The molecule has 0 bridgehead atoms. The molecular weight excluding hydrogens is 223 g/mol. The Balaban J connectivity index is 3.71. The Labute approximate surface area is 72.7 Å². The molecule has 0 rings (SSSR count). The quantitative estimate of drug-likeness (QED) is 0.536. The molecule has 0 aliphatic rings. The molecule has 0 amide bonds. The first-order valence-corrected chi connectivity index (χ1v) is 4.74. The minimum absolute atomic E-state index is 0.0845. The van der Waals surface area contributed by atoms with Crippen LogP contribution in [0.15, 0.2) is 0 Å². The Hall–Kier alpha value is 0.790. The van der Waals surface area contributed by atoms with Crippen LogP contribution < -0.4 is 0 Å². The molecule has 0 saturated carbocycles. The van der Waals surface area contributed by atoms with Gasteiger partial charge in [0.05, 0.1) is 0 Å². The summed E-state index contributed by atoms with van der Waals surface area (Å²) in [4.78, 5) is 10.3. The van der Waals surface area contributed by atoms with Gasteiger partial charge in [0.25, 0.3) is 4.57 Å². The molecule has 1 nitrogen and oxygen atoms in total. The smallest absolute Gasteiger partial charge is 0.268 e. The fraction of sp³-hybridized carbons (Fsp3) is 0.800. The summed E-state index contributed by atoms with van der Waals surface area (Å²) in [5, 5.41) is 0.767. The molecule has 0 aliphatic heterocycles. The van der Waals surface area contributed by atoms with E-state index in [0.29, 0.717) is 0 Å². The third-order valence-electron chi connectivity index (χ3n) is 0.678. The van der Waals surface area contributed by atoms with Gasteiger partial charge in [-0.2, -0.15) is 0 Å². The number of hydrogen-bond acceptors (Lipinski definition) is 2. The van der Waals surface area contributed by atoms with Crippen molar-refractivity contribution in [1.29, 1.82) is 0 Å². The predicted molar refractivity (Wildman–Crippen MR) is 46.7 cm³/mol. The van der Waals surface area contributed by atoms with Crippen LogP contribution in [0, 0.1) is 0 Å². The molecule has 0 aliphatic carbocycles. The van der Waals surface area contributed by atoms with Crippen LogP contribution >= 0.6 is 39.3 Å². The molecule has 0 unspecified atom stereocenters. The highest BCUT2D eigenvalue weighted by molar-refractivity contribution is 9.09. The van der Waals surface area contributed by atoms with E-state index in [2.05, 4.69) is 15.9 Å². The van der Waals surface area contributed by atoms with Crippen LogP contribution in [-0.2, 0) is 0 Å². The summed E-state index contributed by atoms with van der Waals surface area (Å²) in [7, 11) is 0. The maximum absolute atomic E-state index is 10.3. The molecule has 0 radical (unpaired) electrons. The Kier molecular flexibility index (Phi) is 4.17. The van der Waals surface area contributed by atoms with Crippen molar-refractivity contribution in [2.75, 3.05) is 5.33 Å². The van der Waals surface area contributed by atoms with Gasteiger partial charge in [-0.05, 0) is 25.4 Å². The van der Waals surface area contributed by atoms with E-state index in [4.69, 9.17) is 11.6 Å². The molecule has 0 aromatic heterocycles. The molecule has 0 fully saturated rings. The number of hydrogen-bond donors (Lipinski definition) is 0. The lowest BCUT2D eigenvalue weighted by atomic mass is 10.3. The Morgan fingerprint density at radius 3 is 2.33 bits per heavy atom. The summed E-state index contributed by atoms with van der Waals surface area (Å²) < 4.78 is -0.432. The number of thioether (sulfide) groups is 1. The van der Waals surface area contributed by atoms with Crippen molar-refractivity contribution in [3.8, 4) is 0 Å². The van der Waals surface area contributed by atoms with Crippen molar-refractivity contribution in [3.63, 3.8) is 0 Å². The van der Waals surface area contributed by atoms with Crippen molar-refractivity contribution in [2.24, 2.45) is 0 Å². The summed E-state index contributed by atoms with van der Waals surface area (Å²) in [5.41, 5.74) is 0. The molecule has 0 atom stereocenters. The maximum Gasteiger partial charge on any atom is 0.280 e. The van der Waals surface area contributed by atoms with Gasteiger partial charge in [0.15, 0.2) is 0 Å². The van der Waals surface area contributed by atoms with E-state index in [9.17, 15) is 4.79 Å². The molecule has 0 aromatic carbocycles. The van der Waals surface area contributed by atoms with Crippen molar-refractivity contribution >= 4 is 43.9 Å². The third kappa shape index (κ3) is 5.25. The van der Waals surface area contributed by atoms with Crippen LogP contribution in [0.1, 0.15) is 13.8 Å². The molecule has 0 spiro atoms. The highest BCUT2D eigenvalue weighted by atomic mass is 79.9. The second kappa shape index (κ2) is 3.84. The highest BCUT2D eigenvalue weighted by Gasteiger charge is 2.19. The number of carbonyl (C=O) groups is 1. The van der Waals surface area contributed by atoms with Crippen LogP contribution in [-0.4, -0.2) is 14.7 Å². The van der Waals surface area contributed by atoms with E-state index in [1.165, 1.54) is 0 Å². The summed E-state index contributed by atoms with van der Waals surface area (Å²) >= 11 is 9.55. The zero-order valence-corrected chi connectivity index (χ0v) is 8.44. The van der Waals surface area contributed by atoms with Crippen LogP contribution in [0.25, 0.3) is 0 Å². The lowest BCUT2D eigenvalue weighted by molar-refractivity contribution is 0.275. The molecule has 9 heavy (non-hydrogen) atoms. The fourth-order valence-corrected chi connectivity index (χ4v) is 1.70. The molecule has 0 N–H and O–H groups in total. The number of rotatable bonds is 2.